The fraction of sp³-hybridized carbons (Fsp3) is 0.688. The third-order valence-electron chi connectivity index (χ3n) is 3.58. The number of unbranched alkanes of at least 4 members (excludes halogenated alkanes) is 2. The summed E-state index contributed by atoms with van der Waals surface area (Å²) in [6.45, 7) is 7.39. The van der Waals surface area contributed by atoms with E-state index in [4.69, 9.17) is 5.11 Å². The summed E-state index contributed by atoms with van der Waals surface area (Å²) in [4.78, 5) is 14.0. The van der Waals surface area contributed by atoms with E-state index in [2.05, 4.69) is 18.7 Å². The summed E-state index contributed by atoms with van der Waals surface area (Å²) in [7, 11) is 0. The predicted octanol–water partition coefficient (Wildman–Crippen LogP) is 1.95. The molecule has 1 aromatic heterocycles. The van der Waals surface area contributed by atoms with Gasteiger partial charge in [-0.05, 0) is 25.9 Å². The molecule has 1 rings (SSSR count). The molecule has 1 aromatic rings. The van der Waals surface area contributed by atoms with E-state index in [1.54, 1.807) is 4.57 Å². The van der Waals surface area contributed by atoms with Gasteiger partial charge in [-0.15, -0.1) is 0 Å². The van der Waals surface area contributed by atoms with Crippen LogP contribution in [0.2, 0.25) is 0 Å². The maximum absolute atomic E-state index is 11.7. The van der Waals surface area contributed by atoms with Crippen LogP contribution in [0.4, 0.5) is 0 Å². The van der Waals surface area contributed by atoms with Gasteiger partial charge in [0.1, 0.15) is 0 Å². The smallest absolute Gasteiger partial charge is 0.223 e. The summed E-state index contributed by atoms with van der Waals surface area (Å²) in [6.07, 6.45) is 5.97. The van der Waals surface area contributed by atoms with Gasteiger partial charge in [-0.25, -0.2) is 0 Å². The van der Waals surface area contributed by atoms with Crippen molar-refractivity contribution in [1.82, 2.24) is 9.47 Å². The van der Waals surface area contributed by atoms with Crippen molar-refractivity contribution in [3.05, 3.63) is 28.2 Å². The highest BCUT2D eigenvalue weighted by molar-refractivity contribution is 5.20. The fourth-order valence-electron chi connectivity index (χ4n) is 2.32. The van der Waals surface area contributed by atoms with Crippen molar-refractivity contribution in [2.24, 2.45) is 0 Å². The van der Waals surface area contributed by atoms with Crippen LogP contribution < -0.4 is 5.43 Å². The molecule has 120 valence electrons. The van der Waals surface area contributed by atoms with Gasteiger partial charge in [0.05, 0.1) is 12.8 Å². The van der Waals surface area contributed by atoms with Gasteiger partial charge in [-0.3, -0.25) is 9.69 Å². The van der Waals surface area contributed by atoms with Crippen molar-refractivity contribution in [3.8, 4) is 5.75 Å². The third-order valence-corrected chi connectivity index (χ3v) is 3.58. The van der Waals surface area contributed by atoms with Crippen molar-refractivity contribution in [2.75, 3.05) is 19.7 Å². The number of hydrogen-bond acceptors (Lipinski definition) is 4. The average Bonchev–Trinajstić information content (AvgIpc) is 2.47. The van der Waals surface area contributed by atoms with E-state index in [0.717, 1.165) is 44.5 Å². The SMILES string of the molecule is CCCCN(CCCC)Cc1cc(=O)c(O)cn1CCO. The first-order chi connectivity index (χ1) is 10.1. The second-order valence-electron chi connectivity index (χ2n) is 5.41. The molecule has 0 radical (unpaired) electrons. The lowest BCUT2D eigenvalue weighted by Gasteiger charge is -2.24. The lowest BCUT2D eigenvalue weighted by molar-refractivity contribution is 0.240. The molecule has 0 spiro atoms. The minimum absolute atomic E-state index is 0.0147. The molecular weight excluding hydrogens is 268 g/mol. The summed E-state index contributed by atoms with van der Waals surface area (Å²) in [5, 5.41) is 18.7. The molecule has 1 heterocycles. The first kappa shape index (κ1) is 17.7. The van der Waals surface area contributed by atoms with Gasteiger partial charge in [-0.2, -0.15) is 0 Å². The van der Waals surface area contributed by atoms with Gasteiger partial charge in [0.25, 0.3) is 0 Å². The van der Waals surface area contributed by atoms with Crippen molar-refractivity contribution in [1.29, 1.82) is 0 Å². The Labute approximate surface area is 126 Å². The summed E-state index contributed by atoms with van der Waals surface area (Å²) in [5.74, 6) is -0.263. The Bertz CT molecular complexity index is 463. The van der Waals surface area contributed by atoms with Gasteiger partial charge < -0.3 is 14.8 Å². The Balaban J connectivity index is 2.89. The van der Waals surface area contributed by atoms with Crippen LogP contribution in [-0.2, 0) is 13.1 Å². The first-order valence-electron chi connectivity index (χ1n) is 7.87. The first-order valence-corrected chi connectivity index (χ1v) is 7.87. The number of hydrogen-bond donors (Lipinski definition) is 2. The van der Waals surface area contributed by atoms with E-state index in [1.807, 2.05) is 0 Å². The molecule has 0 unspecified atom stereocenters. The van der Waals surface area contributed by atoms with E-state index in [0.29, 0.717) is 13.1 Å². The molecule has 5 heteroatoms. The van der Waals surface area contributed by atoms with Crippen LogP contribution >= 0.6 is 0 Å². The van der Waals surface area contributed by atoms with Crippen LogP contribution in [0.5, 0.6) is 5.75 Å². The molecule has 0 saturated carbocycles. The summed E-state index contributed by atoms with van der Waals surface area (Å²) >= 11 is 0. The highest BCUT2D eigenvalue weighted by Gasteiger charge is 2.10. The van der Waals surface area contributed by atoms with Gasteiger partial charge in [-0.1, -0.05) is 26.7 Å². The second kappa shape index (κ2) is 9.58. The number of aromatic nitrogens is 1. The van der Waals surface area contributed by atoms with Crippen molar-refractivity contribution in [3.63, 3.8) is 0 Å². The Morgan fingerprint density at radius 1 is 1.19 bits per heavy atom. The molecular formula is C16H28N2O3. The van der Waals surface area contributed by atoms with E-state index in [9.17, 15) is 9.90 Å². The van der Waals surface area contributed by atoms with Crippen molar-refractivity contribution < 1.29 is 10.2 Å². The van der Waals surface area contributed by atoms with Gasteiger partial charge in [0.15, 0.2) is 5.75 Å². The number of rotatable bonds is 10. The van der Waals surface area contributed by atoms with Crippen molar-refractivity contribution >= 4 is 0 Å². The molecule has 0 aliphatic heterocycles. The van der Waals surface area contributed by atoms with E-state index in [-0.39, 0.29) is 17.8 Å². The fourth-order valence-corrected chi connectivity index (χ4v) is 2.32. The Kier molecular flexibility index (Phi) is 8.08. The number of aliphatic hydroxyl groups is 1. The molecule has 0 fully saturated rings. The Hall–Kier alpha value is -1.33. The zero-order valence-electron chi connectivity index (χ0n) is 13.2. The Morgan fingerprint density at radius 2 is 1.81 bits per heavy atom. The number of aromatic hydroxyl groups is 1. The third kappa shape index (κ3) is 5.89. The minimum Gasteiger partial charge on any atom is -0.503 e. The van der Waals surface area contributed by atoms with E-state index in [1.165, 1.54) is 12.3 Å². The molecule has 0 atom stereocenters. The zero-order valence-corrected chi connectivity index (χ0v) is 13.2. The molecule has 0 saturated heterocycles. The van der Waals surface area contributed by atoms with E-state index >= 15 is 0 Å². The molecule has 5 nitrogen and oxygen atoms in total. The highest BCUT2D eigenvalue weighted by atomic mass is 16.3. The van der Waals surface area contributed by atoms with E-state index < -0.39 is 0 Å². The predicted molar refractivity (Wildman–Crippen MR) is 84.5 cm³/mol. The minimum atomic E-state index is -0.356. The van der Waals surface area contributed by atoms with Crippen LogP contribution in [0.3, 0.4) is 0 Å². The topological polar surface area (TPSA) is 65.7 Å². The number of pyridine rings is 1. The lowest BCUT2D eigenvalue weighted by atomic mass is 10.2. The highest BCUT2D eigenvalue weighted by Crippen LogP contribution is 2.10. The van der Waals surface area contributed by atoms with Gasteiger partial charge in [0, 0.05) is 24.8 Å². The summed E-state index contributed by atoms with van der Waals surface area (Å²) in [5.41, 5.74) is 0.490. The zero-order chi connectivity index (χ0) is 15.7. The molecule has 21 heavy (non-hydrogen) atoms. The monoisotopic (exact) mass is 296 g/mol. The molecule has 0 amide bonds. The molecule has 2 N–H and O–H groups in total. The summed E-state index contributed by atoms with van der Waals surface area (Å²) in [6, 6.07) is 1.48. The maximum atomic E-state index is 11.7. The normalized spacial score (nSPS) is 11.2. The van der Waals surface area contributed by atoms with Crippen LogP contribution in [0.25, 0.3) is 0 Å². The Morgan fingerprint density at radius 3 is 2.33 bits per heavy atom. The van der Waals surface area contributed by atoms with Crippen molar-refractivity contribution in [2.45, 2.75) is 52.6 Å². The van der Waals surface area contributed by atoms with Gasteiger partial charge >= 0.3 is 0 Å². The van der Waals surface area contributed by atoms with Crippen LogP contribution in [0.1, 0.15) is 45.2 Å². The maximum Gasteiger partial charge on any atom is 0.223 e. The molecule has 0 bridgehead atoms. The molecule has 0 aromatic carbocycles. The summed E-state index contributed by atoms with van der Waals surface area (Å²) < 4.78 is 1.77. The second-order valence-corrected chi connectivity index (χ2v) is 5.41. The van der Waals surface area contributed by atoms with Gasteiger partial charge in [0.2, 0.25) is 5.43 Å². The largest absolute Gasteiger partial charge is 0.503 e. The quantitative estimate of drug-likeness (QED) is 0.692. The molecule has 0 aliphatic carbocycles. The van der Waals surface area contributed by atoms with Crippen LogP contribution in [0, 0.1) is 0 Å². The number of aliphatic hydroxyl groups excluding tert-OH is 1. The van der Waals surface area contributed by atoms with Crippen LogP contribution in [0.15, 0.2) is 17.1 Å². The van der Waals surface area contributed by atoms with Crippen LogP contribution in [-0.4, -0.2) is 39.4 Å². The number of nitrogens with zero attached hydrogens (tertiary/aromatic N) is 2. The molecule has 0 aliphatic rings. The standard InChI is InChI=1S/C16H28N2O3/c1-3-5-7-17(8-6-4-2)12-14-11-15(20)16(21)13-18(14)9-10-19/h11,13,19,21H,3-10,12H2,1-2H3. The lowest BCUT2D eigenvalue weighted by Crippen LogP contribution is -2.28. The average molecular weight is 296 g/mol.